The lowest BCUT2D eigenvalue weighted by Gasteiger charge is -2.07. The molecule has 1 amide bonds. The second-order valence-corrected chi connectivity index (χ2v) is 4.88. The smallest absolute Gasteiger partial charge is 0.251 e. The third kappa shape index (κ3) is 5.17. The Kier molecular flexibility index (Phi) is 5.71. The molecule has 0 aliphatic carbocycles. The SMILES string of the molecule is O=C(NCCCNc1ncccn1)c1cc(Cl)nc(Cl)c1. The predicted molar refractivity (Wildman–Crippen MR) is 81.7 cm³/mol. The van der Waals surface area contributed by atoms with Crippen LogP contribution in [0.1, 0.15) is 16.8 Å². The van der Waals surface area contributed by atoms with Gasteiger partial charge in [0.15, 0.2) is 0 Å². The summed E-state index contributed by atoms with van der Waals surface area (Å²) in [6.45, 7) is 1.17. The van der Waals surface area contributed by atoms with Crippen LogP contribution in [0.2, 0.25) is 10.3 Å². The Labute approximate surface area is 131 Å². The molecule has 0 aromatic carbocycles. The molecule has 0 unspecified atom stereocenters. The number of rotatable bonds is 6. The molecule has 0 fully saturated rings. The van der Waals surface area contributed by atoms with Crippen molar-refractivity contribution in [2.45, 2.75) is 6.42 Å². The number of pyridine rings is 1. The topological polar surface area (TPSA) is 79.8 Å². The van der Waals surface area contributed by atoms with Gasteiger partial charge in [0.25, 0.3) is 5.91 Å². The minimum absolute atomic E-state index is 0.190. The van der Waals surface area contributed by atoms with E-state index in [9.17, 15) is 4.79 Å². The molecule has 2 aromatic rings. The van der Waals surface area contributed by atoms with Crippen molar-refractivity contribution in [3.8, 4) is 0 Å². The van der Waals surface area contributed by atoms with E-state index in [0.29, 0.717) is 24.6 Å². The molecule has 0 bridgehead atoms. The summed E-state index contributed by atoms with van der Waals surface area (Å²) in [5.74, 6) is 0.327. The number of nitrogens with one attached hydrogen (secondary N) is 2. The van der Waals surface area contributed by atoms with Gasteiger partial charge in [-0.3, -0.25) is 4.79 Å². The molecule has 2 heterocycles. The molecule has 0 spiro atoms. The van der Waals surface area contributed by atoms with E-state index in [4.69, 9.17) is 23.2 Å². The summed E-state index contributed by atoms with van der Waals surface area (Å²) < 4.78 is 0. The maximum Gasteiger partial charge on any atom is 0.251 e. The number of anilines is 1. The summed E-state index contributed by atoms with van der Waals surface area (Å²) in [6.07, 6.45) is 4.05. The monoisotopic (exact) mass is 325 g/mol. The fraction of sp³-hybridized carbons (Fsp3) is 0.231. The molecule has 21 heavy (non-hydrogen) atoms. The van der Waals surface area contributed by atoms with Crippen LogP contribution in [0.5, 0.6) is 0 Å². The maximum atomic E-state index is 11.9. The van der Waals surface area contributed by atoms with E-state index < -0.39 is 0 Å². The number of hydrogen-bond donors (Lipinski definition) is 2. The lowest BCUT2D eigenvalue weighted by Crippen LogP contribution is -2.26. The molecule has 0 radical (unpaired) electrons. The summed E-state index contributed by atoms with van der Waals surface area (Å²) in [7, 11) is 0. The highest BCUT2D eigenvalue weighted by Gasteiger charge is 2.07. The van der Waals surface area contributed by atoms with Crippen molar-refractivity contribution in [1.82, 2.24) is 20.3 Å². The second-order valence-electron chi connectivity index (χ2n) is 4.11. The molecule has 0 aliphatic heterocycles. The van der Waals surface area contributed by atoms with Gasteiger partial charge in [-0.25, -0.2) is 15.0 Å². The first-order chi connectivity index (χ1) is 10.1. The molecule has 0 saturated heterocycles. The Hall–Kier alpha value is -1.92. The van der Waals surface area contributed by atoms with Gasteiger partial charge in [-0.2, -0.15) is 0 Å². The van der Waals surface area contributed by atoms with Crippen LogP contribution < -0.4 is 10.6 Å². The van der Waals surface area contributed by atoms with Crippen molar-refractivity contribution in [2.24, 2.45) is 0 Å². The van der Waals surface area contributed by atoms with E-state index in [-0.39, 0.29) is 16.2 Å². The standard InChI is InChI=1S/C13H13Cl2N5O/c14-10-7-9(8-11(15)20-10)12(21)16-3-1-4-17-13-18-5-2-6-19-13/h2,5-8H,1,3-4H2,(H,16,21)(H,17,18,19). The lowest BCUT2D eigenvalue weighted by molar-refractivity contribution is 0.0953. The Balaban J connectivity index is 1.72. The van der Waals surface area contributed by atoms with Gasteiger partial charge in [-0.15, -0.1) is 0 Å². The largest absolute Gasteiger partial charge is 0.354 e. The fourth-order valence-corrected chi connectivity index (χ4v) is 2.04. The van der Waals surface area contributed by atoms with E-state index in [2.05, 4.69) is 25.6 Å². The lowest BCUT2D eigenvalue weighted by atomic mass is 10.2. The van der Waals surface area contributed by atoms with Crippen LogP contribution >= 0.6 is 23.2 Å². The zero-order valence-electron chi connectivity index (χ0n) is 11.0. The first-order valence-electron chi connectivity index (χ1n) is 6.27. The van der Waals surface area contributed by atoms with Crippen molar-refractivity contribution in [3.05, 3.63) is 46.5 Å². The van der Waals surface area contributed by atoms with E-state index in [1.807, 2.05) is 0 Å². The Morgan fingerprint density at radius 3 is 2.43 bits per heavy atom. The van der Waals surface area contributed by atoms with Crippen molar-refractivity contribution >= 4 is 35.1 Å². The highest BCUT2D eigenvalue weighted by molar-refractivity contribution is 6.33. The molecule has 0 atom stereocenters. The Bertz CT molecular complexity index is 589. The van der Waals surface area contributed by atoms with Gasteiger partial charge in [0.1, 0.15) is 10.3 Å². The van der Waals surface area contributed by atoms with Gasteiger partial charge >= 0.3 is 0 Å². The van der Waals surface area contributed by atoms with Crippen LogP contribution in [0.3, 0.4) is 0 Å². The molecule has 8 heteroatoms. The molecule has 6 nitrogen and oxygen atoms in total. The summed E-state index contributed by atoms with van der Waals surface area (Å²) in [5.41, 5.74) is 0.388. The van der Waals surface area contributed by atoms with Crippen molar-refractivity contribution in [3.63, 3.8) is 0 Å². The number of hydrogen-bond acceptors (Lipinski definition) is 5. The van der Waals surface area contributed by atoms with E-state index in [1.54, 1.807) is 18.5 Å². The molecule has 0 saturated carbocycles. The Morgan fingerprint density at radius 2 is 1.76 bits per heavy atom. The number of halogens is 2. The zero-order valence-corrected chi connectivity index (χ0v) is 12.5. The van der Waals surface area contributed by atoms with Crippen LogP contribution in [0.4, 0.5) is 5.95 Å². The first-order valence-corrected chi connectivity index (χ1v) is 7.03. The third-order valence-electron chi connectivity index (χ3n) is 2.51. The Morgan fingerprint density at radius 1 is 1.10 bits per heavy atom. The highest BCUT2D eigenvalue weighted by Crippen LogP contribution is 2.14. The molecular formula is C13H13Cl2N5O. The average Bonchev–Trinajstić information content (AvgIpc) is 2.47. The quantitative estimate of drug-likeness (QED) is 0.629. The van der Waals surface area contributed by atoms with Gasteiger partial charge in [0, 0.05) is 31.0 Å². The summed E-state index contributed by atoms with van der Waals surface area (Å²) in [4.78, 5) is 23.7. The molecule has 2 rings (SSSR count). The summed E-state index contributed by atoms with van der Waals surface area (Å²) in [5, 5.41) is 6.21. The number of nitrogens with zero attached hydrogens (tertiary/aromatic N) is 3. The van der Waals surface area contributed by atoms with Gasteiger partial charge in [0.05, 0.1) is 0 Å². The predicted octanol–water partition coefficient (Wildman–Crippen LogP) is 2.41. The van der Waals surface area contributed by atoms with Crippen LogP contribution in [0.15, 0.2) is 30.6 Å². The number of carbonyl (C=O) groups is 1. The molecule has 2 aromatic heterocycles. The fourth-order valence-electron chi connectivity index (χ4n) is 1.58. The number of aromatic nitrogens is 3. The number of amides is 1. The highest BCUT2D eigenvalue weighted by atomic mass is 35.5. The van der Waals surface area contributed by atoms with Gasteiger partial charge in [0.2, 0.25) is 5.95 Å². The maximum absolute atomic E-state index is 11.9. The number of carbonyl (C=O) groups excluding carboxylic acids is 1. The minimum Gasteiger partial charge on any atom is -0.354 e. The average molecular weight is 326 g/mol. The summed E-state index contributed by atoms with van der Waals surface area (Å²) in [6, 6.07) is 4.69. The van der Waals surface area contributed by atoms with Crippen molar-refractivity contribution in [2.75, 3.05) is 18.4 Å². The molecular weight excluding hydrogens is 313 g/mol. The van der Waals surface area contributed by atoms with Crippen LogP contribution in [0.25, 0.3) is 0 Å². The van der Waals surface area contributed by atoms with Crippen LogP contribution in [-0.2, 0) is 0 Å². The van der Waals surface area contributed by atoms with Crippen LogP contribution in [0, 0.1) is 0 Å². The van der Waals surface area contributed by atoms with Crippen LogP contribution in [-0.4, -0.2) is 33.9 Å². The van der Waals surface area contributed by atoms with Gasteiger partial charge < -0.3 is 10.6 Å². The van der Waals surface area contributed by atoms with Gasteiger partial charge in [-0.05, 0) is 24.6 Å². The molecule has 2 N–H and O–H groups in total. The normalized spacial score (nSPS) is 10.2. The summed E-state index contributed by atoms with van der Waals surface area (Å²) >= 11 is 11.5. The third-order valence-corrected chi connectivity index (χ3v) is 2.90. The molecule has 110 valence electrons. The van der Waals surface area contributed by atoms with E-state index in [0.717, 1.165) is 6.42 Å². The molecule has 0 aliphatic rings. The van der Waals surface area contributed by atoms with Crippen molar-refractivity contribution in [1.29, 1.82) is 0 Å². The minimum atomic E-state index is -0.239. The zero-order chi connectivity index (χ0) is 15.1. The second kappa shape index (κ2) is 7.75. The van der Waals surface area contributed by atoms with E-state index >= 15 is 0 Å². The van der Waals surface area contributed by atoms with E-state index in [1.165, 1.54) is 12.1 Å². The first kappa shape index (κ1) is 15.5. The van der Waals surface area contributed by atoms with Gasteiger partial charge in [-0.1, -0.05) is 23.2 Å². The van der Waals surface area contributed by atoms with Crippen molar-refractivity contribution < 1.29 is 4.79 Å².